The highest BCUT2D eigenvalue weighted by Gasteiger charge is 2.43. The molecule has 51 heavy (non-hydrogen) atoms. The highest BCUT2D eigenvalue weighted by Crippen LogP contribution is 2.26. The predicted molar refractivity (Wildman–Crippen MR) is 208 cm³/mol. The van der Waals surface area contributed by atoms with E-state index in [4.69, 9.17) is 19.3 Å². The summed E-state index contributed by atoms with van der Waals surface area (Å²) >= 11 is 4.16. The lowest BCUT2D eigenvalue weighted by Gasteiger charge is -2.22. The molecule has 0 saturated carbocycles. The molecule has 0 spiro atoms. The van der Waals surface area contributed by atoms with Gasteiger partial charge in [0, 0.05) is 6.92 Å². The van der Waals surface area contributed by atoms with Gasteiger partial charge in [0.05, 0.1) is 31.3 Å². The summed E-state index contributed by atoms with van der Waals surface area (Å²) < 4.78 is 57.1. The Bertz CT molecular complexity index is 1310. The molecule has 17 heteroatoms. The fraction of sp³-hybridized carbons (Fsp3) is 0.853. The molecule has 0 bridgehead atoms. The summed E-state index contributed by atoms with van der Waals surface area (Å²) in [6, 6.07) is 0. The van der Waals surface area contributed by atoms with Gasteiger partial charge >= 0.3 is 23.9 Å². The highest BCUT2D eigenvalue weighted by atomic mass is 79.9. The summed E-state index contributed by atoms with van der Waals surface area (Å²) in [6.07, 6.45) is 1.06. The van der Waals surface area contributed by atoms with Crippen LogP contribution < -0.4 is 0 Å². The van der Waals surface area contributed by atoms with Crippen LogP contribution in [0.5, 0.6) is 0 Å². The molecule has 304 valence electrons. The van der Waals surface area contributed by atoms with Crippen molar-refractivity contribution in [3.05, 3.63) is 0 Å². The minimum Gasteiger partial charge on any atom is -0.480 e. The molecule has 0 heterocycles. The Hall–Kier alpha value is -1.72. The number of aliphatic carboxylic acids is 1. The summed E-state index contributed by atoms with van der Waals surface area (Å²) in [5, 5.41) is 8.69. The van der Waals surface area contributed by atoms with Gasteiger partial charge in [-0.1, -0.05) is 55.4 Å². The molecule has 0 fully saturated rings. The van der Waals surface area contributed by atoms with E-state index in [0.29, 0.717) is 32.0 Å². The second-order valence-electron chi connectivity index (χ2n) is 14.1. The maximum atomic E-state index is 12.0. The minimum atomic E-state index is -3.55. The molecular weight excluding hydrogens is 792 g/mol. The number of carboxylic acid groups (broad SMARTS) is 1. The van der Waals surface area contributed by atoms with Crippen LogP contribution in [0.2, 0.25) is 0 Å². The van der Waals surface area contributed by atoms with Gasteiger partial charge in [-0.3, -0.25) is 24.0 Å². The second kappa shape index (κ2) is 24.6. The van der Waals surface area contributed by atoms with E-state index in [1.165, 1.54) is 34.6 Å². The number of esters is 3. The molecule has 0 saturated heterocycles. The minimum absolute atomic E-state index is 0.0243. The lowest BCUT2D eigenvalue weighted by molar-refractivity contribution is -0.146. The number of thioether (sulfide) groups is 1. The van der Waals surface area contributed by atoms with E-state index in [1.54, 1.807) is 48.5 Å². The van der Waals surface area contributed by atoms with Crippen molar-refractivity contribution in [2.24, 2.45) is 11.8 Å². The summed E-state index contributed by atoms with van der Waals surface area (Å²) in [4.78, 5) is 55.0. The van der Waals surface area contributed by atoms with Gasteiger partial charge in [-0.25, -0.2) is 16.8 Å². The van der Waals surface area contributed by atoms with Crippen LogP contribution in [0, 0.1) is 11.8 Å². The number of carbonyl (C=O) groups is 5. The lowest BCUT2D eigenvalue weighted by atomic mass is 10.2. The van der Waals surface area contributed by atoms with Gasteiger partial charge in [0.2, 0.25) is 0 Å². The first-order valence-corrected chi connectivity index (χ1v) is 21.6. The number of rotatable bonds is 16. The molecule has 0 aromatic heterocycles. The molecule has 0 atom stereocenters. The van der Waals surface area contributed by atoms with Crippen molar-refractivity contribution in [2.45, 2.75) is 142 Å². The molecule has 0 unspecified atom stereocenters. The van der Waals surface area contributed by atoms with Crippen molar-refractivity contribution in [3.63, 3.8) is 0 Å². The van der Waals surface area contributed by atoms with Crippen LogP contribution in [-0.2, 0) is 57.9 Å². The number of carbonyl (C=O) groups excluding carboxylic acids is 4. The number of hydrogen-bond donors (Lipinski definition) is 1. The second-order valence-corrected chi connectivity index (χ2v) is 23.2. The monoisotopic (exact) mass is 856 g/mol. The topological polar surface area (TPSA) is 202 Å². The van der Waals surface area contributed by atoms with Crippen LogP contribution in [0.15, 0.2) is 0 Å². The zero-order chi connectivity index (χ0) is 41.8. The van der Waals surface area contributed by atoms with Gasteiger partial charge in [-0.2, -0.15) is 0 Å². The molecule has 13 nitrogen and oxygen atoms in total. The Morgan fingerprint density at radius 3 is 1.20 bits per heavy atom. The molecule has 0 aliphatic carbocycles. The molecule has 0 aliphatic rings. The summed E-state index contributed by atoms with van der Waals surface area (Å²) in [5.41, 5.74) is 0. The molecular formula is C34H65BrO13S3. The predicted octanol–water partition coefficient (Wildman–Crippen LogP) is 6.43. The van der Waals surface area contributed by atoms with Crippen LogP contribution in [0.25, 0.3) is 0 Å². The Balaban J connectivity index is -0.000000294. The van der Waals surface area contributed by atoms with Crippen LogP contribution >= 0.6 is 27.7 Å². The number of sulfone groups is 2. The highest BCUT2D eigenvalue weighted by molar-refractivity contribution is 9.10. The molecule has 0 aromatic rings. The van der Waals surface area contributed by atoms with E-state index in [-0.39, 0.29) is 41.1 Å². The van der Waals surface area contributed by atoms with Crippen molar-refractivity contribution in [1.29, 1.82) is 0 Å². The van der Waals surface area contributed by atoms with E-state index in [1.807, 2.05) is 27.7 Å². The zero-order valence-electron chi connectivity index (χ0n) is 33.6. The first-order valence-electron chi connectivity index (χ1n) is 16.7. The van der Waals surface area contributed by atoms with Gasteiger partial charge in [0.15, 0.2) is 34.3 Å². The Labute approximate surface area is 320 Å². The molecule has 0 amide bonds. The van der Waals surface area contributed by atoms with Crippen LogP contribution in [0.3, 0.4) is 0 Å². The van der Waals surface area contributed by atoms with Crippen molar-refractivity contribution >= 4 is 76.4 Å². The molecule has 0 aromatic carbocycles. The first kappa shape index (κ1) is 56.0. The van der Waals surface area contributed by atoms with Crippen molar-refractivity contribution < 1.29 is 60.1 Å². The zero-order valence-corrected chi connectivity index (χ0v) is 37.6. The number of ether oxygens (including phenoxy) is 3. The van der Waals surface area contributed by atoms with Crippen LogP contribution in [0.4, 0.5) is 0 Å². The number of alkyl halides is 1. The largest absolute Gasteiger partial charge is 0.480 e. The third-order valence-electron chi connectivity index (χ3n) is 6.69. The fourth-order valence-corrected chi connectivity index (χ4v) is 7.00. The summed E-state index contributed by atoms with van der Waals surface area (Å²) in [5.74, 6) is -2.00. The lowest BCUT2D eigenvalue weighted by Crippen LogP contribution is -2.43. The van der Waals surface area contributed by atoms with Gasteiger partial charge in [0.1, 0.15) is 9.07 Å². The first-order chi connectivity index (χ1) is 22.6. The normalized spacial score (nSPS) is 12.2. The number of halogens is 1. The standard InChI is InChI=1S/C11H22O4S.C9H18O4S.C8H14O3S.C6H11BrO2/c1-6-15-10(12)11(4,5)16(13,14)8-7-9(2)3;1-7(2)5-6-14(12,13)9(3,4)8(10)11;1-5-11-7(10)8(3,4)12-6(2)9;1-4-9-5(8)6(2,3)7/h9H,6-8H2,1-5H3;7H,5-6H2,1-4H3,(H,10,11);5H2,1-4H3;4H2,1-3H3. The third-order valence-corrected chi connectivity index (χ3v) is 13.0. The average molecular weight is 858 g/mol. The fourth-order valence-electron chi connectivity index (χ4n) is 2.87. The van der Waals surface area contributed by atoms with Crippen molar-refractivity contribution in [2.75, 3.05) is 31.3 Å². The quantitative estimate of drug-likeness (QED) is 0.101. The third kappa shape index (κ3) is 23.5. The maximum absolute atomic E-state index is 12.0. The maximum Gasteiger partial charge on any atom is 0.326 e. The SMILES string of the molecule is CC(C)CCS(=O)(=O)C(C)(C)C(=O)O.CCOC(=O)C(C)(C)Br.CCOC(=O)C(C)(C)S(=O)(=O)CCC(C)C.CCOC(=O)C(C)(C)SC(C)=O. The van der Waals surface area contributed by atoms with Crippen LogP contribution in [0.1, 0.15) is 124 Å². The number of carboxylic acids is 1. The molecule has 0 rings (SSSR count). The Morgan fingerprint density at radius 1 is 0.627 bits per heavy atom. The average Bonchev–Trinajstić information content (AvgIpc) is 2.95. The molecule has 0 radical (unpaired) electrons. The Kier molecular flexibility index (Phi) is 27.0. The smallest absolute Gasteiger partial charge is 0.326 e. The van der Waals surface area contributed by atoms with Crippen molar-refractivity contribution in [1.82, 2.24) is 0 Å². The summed E-state index contributed by atoms with van der Waals surface area (Å²) in [7, 11) is -7.00. The van der Waals surface area contributed by atoms with Gasteiger partial charge in [-0.05, 0) is 101 Å². The van der Waals surface area contributed by atoms with Crippen LogP contribution in [-0.4, -0.2) is 101 Å². The van der Waals surface area contributed by atoms with E-state index in [2.05, 4.69) is 15.9 Å². The Morgan fingerprint density at radius 2 is 0.941 bits per heavy atom. The number of hydrogen-bond acceptors (Lipinski definition) is 13. The molecule has 1 N–H and O–H groups in total. The van der Waals surface area contributed by atoms with E-state index in [9.17, 15) is 40.8 Å². The summed E-state index contributed by atoms with van der Waals surface area (Å²) in [6.45, 7) is 27.5. The van der Waals surface area contributed by atoms with Gasteiger partial charge in [0.25, 0.3) is 0 Å². The van der Waals surface area contributed by atoms with Crippen molar-refractivity contribution in [3.8, 4) is 0 Å². The molecule has 0 aliphatic heterocycles. The van der Waals surface area contributed by atoms with Gasteiger partial charge < -0.3 is 19.3 Å². The van der Waals surface area contributed by atoms with E-state index in [0.717, 1.165) is 11.8 Å². The van der Waals surface area contributed by atoms with E-state index >= 15 is 0 Å². The van der Waals surface area contributed by atoms with E-state index < -0.39 is 50.2 Å². The van der Waals surface area contributed by atoms with Gasteiger partial charge in [-0.15, -0.1) is 0 Å².